The maximum Gasteiger partial charge on any atom is 0.408 e. The van der Waals surface area contributed by atoms with Crippen molar-refractivity contribution in [1.82, 2.24) is 16.0 Å². The van der Waals surface area contributed by atoms with Crippen LogP contribution in [0.25, 0.3) is 0 Å². The number of alkyl carbamates (subject to hydrolysis) is 2. The van der Waals surface area contributed by atoms with Crippen molar-refractivity contribution in [3.05, 3.63) is 11.6 Å². The lowest BCUT2D eigenvalue weighted by Crippen LogP contribution is -2.55. The molecule has 2 saturated heterocycles. The van der Waals surface area contributed by atoms with E-state index in [9.17, 15) is 14.4 Å². The Morgan fingerprint density at radius 1 is 1.07 bits per heavy atom. The Hall–Kier alpha value is -2.41. The van der Waals surface area contributed by atoms with Gasteiger partial charge in [0.05, 0.1) is 36.5 Å². The quantitative estimate of drug-likeness (QED) is 0.148. The molecule has 1 spiro atoms. The van der Waals surface area contributed by atoms with Crippen LogP contribution in [-0.4, -0.2) is 93.6 Å². The zero-order chi connectivity index (χ0) is 28.8. The normalized spacial score (nSPS) is 31.6. The summed E-state index contributed by atoms with van der Waals surface area (Å²) in [6.07, 6.45) is 6.53. The molecule has 5 unspecified atom stereocenters. The predicted molar refractivity (Wildman–Crippen MR) is 146 cm³/mol. The van der Waals surface area contributed by atoms with Crippen molar-refractivity contribution in [1.29, 1.82) is 0 Å². The summed E-state index contributed by atoms with van der Waals surface area (Å²) < 4.78 is 29.4. The van der Waals surface area contributed by atoms with Gasteiger partial charge in [-0.05, 0) is 52.4 Å². The van der Waals surface area contributed by atoms with E-state index in [0.29, 0.717) is 45.4 Å². The van der Waals surface area contributed by atoms with Gasteiger partial charge < -0.3 is 45.4 Å². The van der Waals surface area contributed by atoms with Crippen molar-refractivity contribution >= 4 is 18.1 Å². The third kappa shape index (κ3) is 7.86. The summed E-state index contributed by atoms with van der Waals surface area (Å²) in [5.41, 5.74) is 5.57. The van der Waals surface area contributed by atoms with Gasteiger partial charge in [0.1, 0.15) is 18.8 Å². The van der Waals surface area contributed by atoms with Crippen LogP contribution in [-0.2, 0) is 28.5 Å². The van der Waals surface area contributed by atoms with Crippen LogP contribution < -0.4 is 21.7 Å². The summed E-state index contributed by atoms with van der Waals surface area (Å²) in [5.74, 6) is -0.245. The molecular weight excluding hydrogens is 520 g/mol. The maximum absolute atomic E-state index is 13.2. The van der Waals surface area contributed by atoms with Crippen molar-refractivity contribution in [2.75, 3.05) is 40.0 Å². The Labute approximate surface area is 236 Å². The molecule has 0 bridgehead atoms. The van der Waals surface area contributed by atoms with Crippen LogP contribution in [0.3, 0.4) is 0 Å². The standard InChI is InChI=1S/C28H46N4O8/c1-18(2)7-8-19-24(39-19)22-23(36-3)20(9-12-28(22)17-38-28)40-26(35)32-27(10-4-5-11-27)16-37-25(34)31-14-6-13-30-21(33)15-29/h7,19-20,22-24H,4-6,8-17,29H2,1-3H3,(H,30,33)(H,31,34)(H,32,35)/t19-,20?,22?,23?,24?,28?/m1/s1. The lowest BCUT2D eigenvalue weighted by atomic mass is 9.73. The highest BCUT2D eigenvalue weighted by Crippen LogP contribution is 2.54. The molecule has 40 heavy (non-hydrogen) atoms. The minimum absolute atomic E-state index is 0.00397. The molecule has 5 N–H and O–H groups in total. The van der Waals surface area contributed by atoms with Gasteiger partial charge in [0.25, 0.3) is 0 Å². The molecule has 2 aliphatic carbocycles. The summed E-state index contributed by atoms with van der Waals surface area (Å²) in [4.78, 5) is 36.6. The smallest absolute Gasteiger partial charge is 0.408 e. The van der Waals surface area contributed by atoms with Crippen molar-refractivity contribution in [3.63, 3.8) is 0 Å². The summed E-state index contributed by atoms with van der Waals surface area (Å²) in [6.45, 7) is 5.57. The van der Waals surface area contributed by atoms with Gasteiger partial charge >= 0.3 is 12.2 Å². The van der Waals surface area contributed by atoms with E-state index in [2.05, 4.69) is 35.9 Å². The van der Waals surface area contributed by atoms with Crippen LogP contribution in [0, 0.1) is 5.92 Å². The third-order valence-corrected chi connectivity index (χ3v) is 8.50. The monoisotopic (exact) mass is 566 g/mol. The number of nitrogens with two attached hydrogens (primary N) is 1. The Balaban J connectivity index is 1.26. The molecule has 0 aromatic rings. The molecule has 2 heterocycles. The number of hydrogen-bond acceptors (Lipinski definition) is 9. The molecule has 3 amide bonds. The second-order valence-corrected chi connectivity index (χ2v) is 11.7. The lowest BCUT2D eigenvalue weighted by molar-refractivity contribution is -0.119. The van der Waals surface area contributed by atoms with Crippen LogP contribution in [0.1, 0.15) is 65.2 Å². The highest BCUT2D eigenvalue weighted by molar-refractivity contribution is 5.77. The number of allylic oxidation sites excluding steroid dienone is 1. The highest BCUT2D eigenvalue weighted by atomic mass is 16.6. The first-order chi connectivity index (χ1) is 19.2. The fourth-order valence-electron chi connectivity index (χ4n) is 6.18. The highest BCUT2D eigenvalue weighted by Gasteiger charge is 2.66. The molecule has 2 aliphatic heterocycles. The largest absolute Gasteiger partial charge is 0.447 e. The van der Waals surface area contributed by atoms with E-state index in [0.717, 1.165) is 25.7 Å². The van der Waals surface area contributed by atoms with Gasteiger partial charge in [-0.2, -0.15) is 0 Å². The number of carbonyl (C=O) groups is 3. The van der Waals surface area contributed by atoms with Gasteiger partial charge in [0.15, 0.2) is 0 Å². The zero-order valence-corrected chi connectivity index (χ0v) is 24.0. The minimum Gasteiger partial charge on any atom is -0.447 e. The van der Waals surface area contributed by atoms with Crippen molar-refractivity contribution < 1.29 is 38.1 Å². The second-order valence-electron chi connectivity index (χ2n) is 11.7. The van der Waals surface area contributed by atoms with Gasteiger partial charge in [0, 0.05) is 26.1 Å². The first kappa shape index (κ1) is 30.5. The summed E-state index contributed by atoms with van der Waals surface area (Å²) in [7, 11) is 1.65. The summed E-state index contributed by atoms with van der Waals surface area (Å²) in [6, 6.07) is 0. The van der Waals surface area contributed by atoms with E-state index >= 15 is 0 Å². The molecule has 12 heteroatoms. The van der Waals surface area contributed by atoms with Crippen LogP contribution >= 0.6 is 0 Å². The van der Waals surface area contributed by atoms with Crippen molar-refractivity contribution in [2.24, 2.45) is 11.7 Å². The third-order valence-electron chi connectivity index (χ3n) is 8.50. The second kappa shape index (κ2) is 13.5. The van der Waals surface area contributed by atoms with Gasteiger partial charge in [0.2, 0.25) is 5.91 Å². The number of carbonyl (C=O) groups excluding carboxylic acids is 3. The SMILES string of the molecule is COC1C(OC(=O)NC2(COC(=O)NCCCNC(=O)CN)CCCC2)CCC2(CO2)C1C1O[C@@H]1CC=C(C)C. The maximum atomic E-state index is 13.2. The van der Waals surface area contributed by atoms with E-state index in [-0.39, 0.29) is 48.9 Å². The molecule has 12 nitrogen and oxygen atoms in total. The Kier molecular flexibility index (Phi) is 10.3. The van der Waals surface area contributed by atoms with Gasteiger partial charge in [-0.3, -0.25) is 4.79 Å². The Morgan fingerprint density at radius 3 is 2.45 bits per heavy atom. The number of methoxy groups -OCH3 is 1. The molecule has 226 valence electrons. The fourth-order valence-corrected chi connectivity index (χ4v) is 6.18. The summed E-state index contributed by atoms with van der Waals surface area (Å²) >= 11 is 0. The number of rotatable bonds is 13. The van der Waals surface area contributed by atoms with Crippen molar-refractivity contribution in [3.8, 4) is 0 Å². The number of amides is 3. The lowest BCUT2D eigenvalue weighted by Gasteiger charge is -2.40. The predicted octanol–water partition coefficient (Wildman–Crippen LogP) is 1.90. The number of epoxide rings is 2. The summed E-state index contributed by atoms with van der Waals surface area (Å²) in [5, 5.41) is 8.33. The molecule has 2 saturated carbocycles. The van der Waals surface area contributed by atoms with Gasteiger partial charge in [-0.25, -0.2) is 9.59 Å². The molecule has 6 atom stereocenters. The molecule has 0 aromatic heterocycles. The van der Waals surface area contributed by atoms with E-state index in [4.69, 9.17) is 29.4 Å². The topological polar surface area (TPSA) is 166 Å². The zero-order valence-electron chi connectivity index (χ0n) is 24.0. The molecular formula is C28H46N4O8. The van der Waals surface area contributed by atoms with Gasteiger partial charge in [-0.1, -0.05) is 24.5 Å². The Morgan fingerprint density at radius 2 is 1.80 bits per heavy atom. The van der Waals surface area contributed by atoms with E-state index in [1.165, 1.54) is 5.57 Å². The Bertz CT molecular complexity index is 929. The number of hydrogen-bond donors (Lipinski definition) is 4. The van der Waals surface area contributed by atoms with E-state index in [1.54, 1.807) is 7.11 Å². The molecule has 4 rings (SSSR count). The van der Waals surface area contributed by atoms with Crippen LogP contribution in [0.2, 0.25) is 0 Å². The van der Waals surface area contributed by atoms with Crippen LogP contribution in [0.5, 0.6) is 0 Å². The van der Waals surface area contributed by atoms with E-state index < -0.39 is 23.8 Å². The number of ether oxygens (including phenoxy) is 5. The van der Waals surface area contributed by atoms with Crippen LogP contribution in [0.4, 0.5) is 9.59 Å². The molecule has 0 aromatic carbocycles. The molecule has 0 radical (unpaired) electrons. The molecule has 4 aliphatic rings. The average Bonchev–Trinajstić information content (AvgIpc) is 3.84. The van der Waals surface area contributed by atoms with Crippen molar-refractivity contribution in [2.45, 2.75) is 101 Å². The average molecular weight is 567 g/mol. The van der Waals surface area contributed by atoms with Crippen LogP contribution in [0.15, 0.2) is 11.6 Å². The minimum atomic E-state index is -0.671. The molecule has 4 fully saturated rings. The number of nitrogens with one attached hydrogen (secondary N) is 3. The first-order valence-electron chi connectivity index (χ1n) is 14.5. The van der Waals surface area contributed by atoms with Gasteiger partial charge in [-0.15, -0.1) is 0 Å². The van der Waals surface area contributed by atoms with E-state index in [1.807, 2.05) is 0 Å². The first-order valence-corrected chi connectivity index (χ1v) is 14.5. The fraction of sp³-hybridized carbons (Fsp3) is 0.821.